The third-order valence-corrected chi connectivity index (χ3v) is 4.58. The minimum absolute atomic E-state index is 0. The molecule has 0 radical (unpaired) electrons. The molecular weight excluding hydrogens is 449 g/mol. The Balaban J connectivity index is 0.00000338. The molecule has 1 saturated heterocycles. The first-order valence-electron chi connectivity index (χ1n) is 9.24. The summed E-state index contributed by atoms with van der Waals surface area (Å²) in [4.78, 5) is 6.55. The van der Waals surface area contributed by atoms with Crippen molar-refractivity contribution >= 4 is 29.9 Å². The summed E-state index contributed by atoms with van der Waals surface area (Å²) in [6.07, 6.45) is 0.478. The molecule has 1 aromatic rings. The number of hydrogen-bond acceptors (Lipinski definition) is 2. The van der Waals surface area contributed by atoms with Crippen LogP contribution in [0, 0.1) is 0 Å². The topological polar surface area (TPSA) is 39.7 Å². The fraction of sp³-hybridized carbons (Fsp3) is 0.632. The van der Waals surface area contributed by atoms with Crippen LogP contribution in [0.2, 0.25) is 0 Å². The smallest absolute Gasteiger partial charge is 0.251 e. The van der Waals surface area contributed by atoms with Gasteiger partial charge in [0, 0.05) is 25.7 Å². The molecule has 1 aromatic carbocycles. The third kappa shape index (κ3) is 7.73. The number of rotatable bonds is 7. The first kappa shape index (κ1) is 23.1. The molecule has 0 spiro atoms. The van der Waals surface area contributed by atoms with Gasteiger partial charge in [0.15, 0.2) is 5.96 Å². The summed E-state index contributed by atoms with van der Waals surface area (Å²) >= 11 is 0. The second kappa shape index (κ2) is 12.4. The van der Waals surface area contributed by atoms with E-state index in [1.54, 1.807) is 0 Å². The van der Waals surface area contributed by atoms with Crippen LogP contribution >= 0.6 is 24.0 Å². The number of alkyl halides is 2. The lowest BCUT2D eigenvalue weighted by Crippen LogP contribution is -2.49. The van der Waals surface area contributed by atoms with Crippen LogP contribution in [-0.2, 0) is 13.0 Å². The second-order valence-electron chi connectivity index (χ2n) is 6.43. The first-order valence-corrected chi connectivity index (χ1v) is 9.24. The van der Waals surface area contributed by atoms with E-state index in [1.165, 1.54) is 11.1 Å². The van der Waals surface area contributed by atoms with Crippen molar-refractivity contribution in [2.45, 2.75) is 52.1 Å². The first-order chi connectivity index (χ1) is 12.1. The number of hydrogen-bond donors (Lipinski definition) is 2. The van der Waals surface area contributed by atoms with E-state index in [4.69, 9.17) is 4.99 Å². The average molecular weight is 480 g/mol. The summed E-state index contributed by atoms with van der Waals surface area (Å²) in [7, 11) is 0. The molecule has 7 heteroatoms. The highest BCUT2D eigenvalue weighted by atomic mass is 127. The largest absolute Gasteiger partial charge is 0.357 e. The van der Waals surface area contributed by atoms with Crippen molar-refractivity contribution in [2.75, 3.05) is 26.2 Å². The number of halogens is 3. The van der Waals surface area contributed by atoms with Crippen LogP contribution in [0.5, 0.6) is 0 Å². The van der Waals surface area contributed by atoms with Crippen LogP contribution in [0.15, 0.2) is 29.3 Å². The Morgan fingerprint density at radius 1 is 1.19 bits per heavy atom. The number of nitrogens with zero attached hydrogens (tertiary/aromatic N) is 2. The Kier molecular flexibility index (Phi) is 11.0. The molecule has 0 bridgehead atoms. The van der Waals surface area contributed by atoms with Gasteiger partial charge in [-0.3, -0.25) is 4.90 Å². The number of nitrogens with one attached hydrogen (secondary N) is 2. The number of benzene rings is 1. The van der Waals surface area contributed by atoms with Gasteiger partial charge >= 0.3 is 0 Å². The van der Waals surface area contributed by atoms with Gasteiger partial charge in [-0.2, -0.15) is 0 Å². The van der Waals surface area contributed by atoms with E-state index >= 15 is 0 Å². The van der Waals surface area contributed by atoms with E-state index in [2.05, 4.69) is 35.8 Å². The fourth-order valence-corrected chi connectivity index (χ4v) is 3.19. The molecule has 0 aromatic heterocycles. The molecule has 2 N–H and O–H groups in total. The van der Waals surface area contributed by atoms with Gasteiger partial charge in [0.1, 0.15) is 0 Å². The third-order valence-electron chi connectivity index (χ3n) is 4.58. The molecule has 0 unspecified atom stereocenters. The Labute approximate surface area is 172 Å². The number of likely N-dealkylation sites (tertiary alicyclic amines) is 1. The van der Waals surface area contributed by atoms with Gasteiger partial charge in [-0.25, -0.2) is 13.8 Å². The molecule has 148 valence electrons. The molecule has 26 heavy (non-hydrogen) atoms. The molecule has 0 saturated carbocycles. The summed E-state index contributed by atoms with van der Waals surface area (Å²) in [5.74, 6) is 0.806. The molecule has 1 aliphatic heterocycles. The number of aryl methyl sites for hydroxylation is 1. The van der Waals surface area contributed by atoms with E-state index < -0.39 is 6.43 Å². The highest BCUT2D eigenvalue weighted by Gasteiger charge is 2.21. The zero-order chi connectivity index (χ0) is 18.1. The van der Waals surface area contributed by atoms with Gasteiger partial charge in [0.25, 0.3) is 6.43 Å². The van der Waals surface area contributed by atoms with Crippen molar-refractivity contribution in [1.29, 1.82) is 0 Å². The van der Waals surface area contributed by atoms with E-state index in [-0.39, 0.29) is 36.6 Å². The van der Waals surface area contributed by atoms with Gasteiger partial charge in [0.05, 0.1) is 13.1 Å². The lowest BCUT2D eigenvalue weighted by atomic mass is 10.1. The molecule has 1 heterocycles. The van der Waals surface area contributed by atoms with Gasteiger partial charge < -0.3 is 10.6 Å². The Hall–Kier alpha value is -0.960. The maximum Gasteiger partial charge on any atom is 0.251 e. The minimum atomic E-state index is -2.25. The number of aliphatic imine (C=N–C) groups is 1. The van der Waals surface area contributed by atoms with Crippen molar-refractivity contribution in [3.05, 3.63) is 35.4 Å². The van der Waals surface area contributed by atoms with Crippen molar-refractivity contribution < 1.29 is 8.78 Å². The lowest BCUT2D eigenvalue weighted by molar-refractivity contribution is 0.0744. The maximum atomic E-state index is 12.5. The molecule has 0 amide bonds. The molecule has 0 aliphatic carbocycles. The number of piperidine rings is 1. The van der Waals surface area contributed by atoms with Gasteiger partial charge in [-0.15, -0.1) is 24.0 Å². The van der Waals surface area contributed by atoms with E-state index in [1.807, 2.05) is 17.9 Å². The van der Waals surface area contributed by atoms with Crippen LogP contribution in [0.3, 0.4) is 0 Å². The zero-order valence-corrected chi connectivity index (χ0v) is 18.0. The van der Waals surface area contributed by atoms with E-state index in [0.717, 1.165) is 31.8 Å². The molecular formula is C19H31F2IN4. The highest BCUT2D eigenvalue weighted by molar-refractivity contribution is 14.0. The van der Waals surface area contributed by atoms with Crippen LogP contribution in [-0.4, -0.2) is 49.5 Å². The van der Waals surface area contributed by atoms with Crippen LogP contribution < -0.4 is 10.6 Å². The molecule has 1 aliphatic rings. The number of guanidine groups is 1. The van der Waals surface area contributed by atoms with Crippen molar-refractivity contribution in [2.24, 2.45) is 4.99 Å². The monoisotopic (exact) mass is 480 g/mol. The Bertz CT molecular complexity index is 546. The zero-order valence-electron chi connectivity index (χ0n) is 15.7. The standard InChI is InChI=1S/C19H30F2N4.HI/c1-3-15-7-5-6-8-16(15)13-23-19(22-4-2)24-17-9-11-25(12-10-17)14-18(20)21;/h5-8,17-18H,3-4,9-14H2,1-2H3,(H2,22,23,24);1H. The van der Waals surface area contributed by atoms with Crippen molar-refractivity contribution in [3.8, 4) is 0 Å². The predicted octanol–water partition coefficient (Wildman–Crippen LogP) is 3.65. The normalized spacial score (nSPS) is 16.4. The SMILES string of the molecule is CCNC(=NCc1ccccc1CC)NC1CCN(CC(F)F)CC1.I. The van der Waals surface area contributed by atoms with Crippen LogP contribution in [0.1, 0.15) is 37.8 Å². The Morgan fingerprint density at radius 2 is 1.85 bits per heavy atom. The summed E-state index contributed by atoms with van der Waals surface area (Å²) in [5.41, 5.74) is 2.57. The van der Waals surface area contributed by atoms with Gasteiger partial charge in [0.2, 0.25) is 0 Å². The highest BCUT2D eigenvalue weighted by Crippen LogP contribution is 2.13. The summed E-state index contributed by atoms with van der Waals surface area (Å²) in [6.45, 7) is 6.94. The maximum absolute atomic E-state index is 12.5. The van der Waals surface area contributed by atoms with Gasteiger partial charge in [-0.1, -0.05) is 31.2 Å². The van der Waals surface area contributed by atoms with Crippen LogP contribution in [0.25, 0.3) is 0 Å². The van der Waals surface area contributed by atoms with Gasteiger partial charge in [-0.05, 0) is 37.3 Å². The van der Waals surface area contributed by atoms with E-state index in [9.17, 15) is 8.78 Å². The molecule has 0 atom stereocenters. The summed E-state index contributed by atoms with van der Waals surface area (Å²) < 4.78 is 24.9. The molecule has 4 nitrogen and oxygen atoms in total. The quantitative estimate of drug-likeness (QED) is 0.356. The average Bonchev–Trinajstić information content (AvgIpc) is 2.61. The van der Waals surface area contributed by atoms with Crippen molar-refractivity contribution in [3.63, 3.8) is 0 Å². The van der Waals surface area contributed by atoms with Crippen molar-refractivity contribution in [1.82, 2.24) is 15.5 Å². The predicted molar refractivity (Wildman–Crippen MR) is 115 cm³/mol. The minimum Gasteiger partial charge on any atom is -0.357 e. The molecule has 2 rings (SSSR count). The summed E-state index contributed by atoms with van der Waals surface area (Å²) in [6, 6.07) is 8.65. The Morgan fingerprint density at radius 3 is 2.42 bits per heavy atom. The van der Waals surface area contributed by atoms with E-state index in [0.29, 0.717) is 19.6 Å². The molecule has 1 fully saturated rings. The summed E-state index contributed by atoms with van der Waals surface area (Å²) in [5, 5.41) is 6.75. The second-order valence-corrected chi connectivity index (χ2v) is 6.43. The fourth-order valence-electron chi connectivity index (χ4n) is 3.19. The van der Waals surface area contributed by atoms with Crippen LogP contribution in [0.4, 0.5) is 8.78 Å². The lowest BCUT2D eigenvalue weighted by Gasteiger charge is -2.32.